The van der Waals surface area contributed by atoms with E-state index < -0.39 is 16.8 Å². The molecule has 1 atom stereocenters. The first-order valence-corrected chi connectivity index (χ1v) is 12.8. The first kappa shape index (κ1) is 27.9. The Bertz CT molecular complexity index is 1680. The number of anilines is 4. The molecule has 1 aromatic heterocycles. The van der Waals surface area contributed by atoms with Crippen LogP contribution in [0.3, 0.4) is 0 Å². The van der Waals surface area contributed by atoms with E-state index in [0.29, 0.717) is 59.3 Å². The highest BCUT2D eigenvalue weighted by Gasteiger charge is 2.26. The zero-order valence-electron chi connectivity index (χ0n) is 22.7. The average Bonchev–Trinajstić information content (AvgIpc) is 3.00. The van der Waals surface area contributed by atoms with Crippen LogP contribution in [-0.2, 0) is 6.54 Å². The largest absolute Gasteiger partial charge is 0.497 e. The maximum absolute atomic E-state index is 14.0. The molecular formula is C29H26FN7O5. The van der Waals surface area contributed by atoms with Crippen LogP contribution in [0.4, 0.5) is 33.2 Å². The summed E-state index contributed by atoms with van der Waals surface area (Å²) in [7, 11) is 3.14. The Morgan fingerprint density at radius 3 is 2.76 bits per heavy atom. The fourth-order valence-electron chi connectivity index (χ4n) is 4.54. The Labute approximate surface area is 240 Å². The fraction of sp³-hybridized carbons (Fsp3) is 0.207. The molecule has 3 N–H and O–H groups in total. The second-order valence-corrected chi connectivity index (χ2v) is 9.23. The lowest BCUT2D eigenvalue weighted by molar-refractivity contribution is -0.384. The van der Waals surface area contributed by atoms with Gasteiger partial charge in [-0.25, -0.2) is 9.37 Å². The third kappa shape index (κ3) is 6.07. The lowest BCUT2D eigenvalue weighted by atomic mass is 10.0. The van der Waals surface area contributed by atoms with Gasteiger partial charge in [-0.1, -0.05) is 0 Å². The van der Waals surface area contributed by atoms with Crippen LogP contribution in [0.1, 0.15) is 29.2 Å². The standard InChI is InChI=1S/C29H26FN7O5/c1-40-20-6-4-18(27(13-20)41-2)15-32-23-7-3-17(14-31)11-24(23)35-29-33-16-25(37(38)39)28(36-29)34-22-9-10-42-26-8-5-19(30)12-21(22)26/h3-8,11-13,16,22,32H,9-10,15H2,1-2H3,(H2,33,34,35,36). The molecule has 0 saturated heterocycles. The molecule has 2 heterocycles. The number of aromatic nitrogens is 2. The molecule has 1 aliphatic rings. The van der Waals surface area contributed by atoms with E-state index in [0.717, 1.165) is 11.8 Å². The molecule has 0 bridgehead atoms. The summed E-state index contributed by atoms with van der Waals surface area (Å²) in [6, 6.07) is 16.2. The number of nitro groups is 1. The van der Waals surface area contributed by atoms with Crippen LogP contribution in [-0.4, -0.2) is 35.7 Å². The molecule has 1 aliphatic heterocycles. The number of methoxy groups -OCH3 is 2. The second-order valence-electron chi connectivity index (χ2n) is 9.23. The Morgan fingerprint density at radius 1 is 1.14 bits per heavy atom. The van der Waals surface area contributed by atoms with Gasteiger partial charge < -0.3 is 30.2 Å². The second kappa shape index (κ2) is 12.3. The molecule has 13 heteroatoms. The summed E-state index contributed by atoms with van der Waals surface area (Å²) in [5, 5.41) is 30.7. The molecule has 0 aliphatic carbocycles. The number of ether oxygens (including phenoxy) is 3. The molecule has 42 heavy (non-hydrogen) atoms. The van der Waals surface area contributed by atoms with Gasteiger partial charge in [0.05, 0.1) is 54.8 Å². The number of halogens is 1. The van der Waals surface area contributed by atoms with Gasteiger partial charge in [0.15, 0.2) is 0 Å². The molecule has 0 saturated carbocycles. The SMILES string of the molecule is COc1ccc(CNc2ccc(C#N)cc2Nc2ncc([N+](=O)[O-])c(NC3CCOc4ccc(F)cc43)n2)c(OC)c1. The van der Waals surface area contributed by atoms with Crippen molar-refractivity contribution in [1.82, 2.24) is 9.97 Å². The normalized spacial score (nSPS) is 13.6. The monoisotopic (exact) mass is 571 g/mol. The van der Waals surface area contributed by atoms with E-state index in [-0.39, 0.29) is 17.5 Å². The highest BCUT2D eigenvalue weighted by atomic mass is 19.1. The smallest absolute Gasteiger partial charge is 0.329 e. The molecule has 1 unspecified atom stereocenters. The summed E-state index contributed by atoms with van der Waals surface area (Å²) in [6.45, 7) is 0.719. The van der Waals surface area contributed by atoms with Crippen molar-refractivity contribution in [2.45, 2.75) is 19.0 Å². The summed E-state index contributed by atoms with van der Waals surface area (Å²) in [5.74, 6) is 1.34. The highest BCUT2D eigenvalue weighted by molar-refractivity contribution is 5.75. The minimum absolute atomic E-state index is 0.0477. The topological polar surface area (TPSA) is 156 Å². The number of benzene rings is 3. The summed E-state index contributed by atoms with van der Waals surface area (Å²) in [6.07, 6.45) is 1.53. The van der Waals surface area contributed by atoms with E-state index in [9.17, 15) is 19.8 Å². The number of nitrogens with one attached hydrogen (secondary N) is 3. The molecule has 0 fully saturated rings. The molecule has 12 nitrogen and oxygen atoms in total. The average molecular weight is 572 g/mol. The van der Waals surface area contributed by atoms with Crippen LogP contribution < -0.4 is 30.2 Å². The van der Waals surface area contributed by atoms with Gasteiger partial charge in [-0.3, -0.25) is 10.1 Å². The third-order valence-electron chi connectivity index (χ3n) is 6.65. The van der Waals surface area contributed by atoms with E-state index in [1.807, 2.05) is 12.1 Å². The summed E-state index contributed by atoms with van der Waals surface area (Å²) in [5.41, 5.74) is 2.52. The number of hydrogen-bond acceptors (Lipinski definition) is 11. The molecule has 3 aromatic carbocycles. The van der Waals surface area contributed by atoms with Crippen molar-refractivity contribution in [2.75, 3.05) is 36.8 Å². The van der Waals surface area contributed by atoms with Crippen LogP contribution in [0, 0.1) is 27.3 Å². The Balaban J connectivity index is 1.43. The molecular weight excluding hydrogens is 545 g/mol. The van der Waals surface area contributed by atoms with Crippen molar-refractivity contribution in [3.63, 3.8) is 0 Å². The van der Waals surface area contributed by atoms with E-state index in [2.05, 4.69) is 32.0 Å². The van der Waals surface area contributed by atoms with Crippen LogP contribution in [0.15, 0.2) is 60.8 Å². The minimum Gasteiger partial charge on any atom is -0.497 e. The number of nitrogens with zero attached hydrogens (tertiary/aromatic N) is 4. The van der Waals surface area contributed by atoms with Crippen molar-refractivity contribution in [2.24, 2.45) is 0 Å². The van der Waals surface area contributed by atoms with Gasteiger partial charge in [-0.2, -0.15) is 10.2 Å². The predicted octanol–water partition coefficient (Wildman–Crippen LogP) is 5.70. The van der Waals surface area contributed by atoms with E-state index in [4.69, 9.17) is 14.2 Å². The van der Waals surface area contributed by atoms with Crippen molar-refractivity contribution in [3.05, 3.63) is 93.4 Å². The van der Waals surface area contributed by atoms with Crippen molar-refractivity contribution in [1.29, 1.82) is 5.26 Å². The Hall–Kier alpha value is -5.64. The van der Waals surface area contributed by atoms with Gasteiger partial charge in [0, 0.05) is 30.2 Å². The van der Waals surface area contributed by atoms with Gasteiger partial charge in [0.25, 0.3) is 0 Å². The number of fused-ring (bicyclic) bond motifs is 1. The van der Waals surface area contributed by atoms with Crippen LogP contribution in [0.5, 0.6) is 17.2 Å². The molecule has 5 rings (SSSR count). The summed E-state index contributed by atoms with van der Waals surface area (Å²) >= 11 is 0. The fourth-order valence-corrected chi connectivity index (χ4v) is 4.54. The van der Waals surface area contributed by atoms with Crippen molar-refractivity contribution >= 4 is 28.8 Å². The maximum atomic E-state index is 14.0. The number of nitriles is 1. The predicted molar refractivity (Wildman–Crippen MR) is 153 cm³/mol. The van der Waals surface area contributed by atoms with Gasteiger partial charge >= 0.3 is 5.69 Å². The Morgan fingerprint density at radius 2 is 2.00 bits per heavy atom. The number of rotatable bonds is 10. The van der Waals surface area contributed by atoms with Crippen LogP contribution >= 0.6 is 0 Å². The minimum atomic E-state index is -0.594. The zero-order chi connectivity index (χ0) is 29.6. The summed E-state index contributed by atoms with van der Waals surface area (Å²) < 4.78 is 30.4. The van der Waals surface area contributed by atoms with E-state index in [1.54, 1.807) is 38.5 Å². The van der Waals surface area contributed by atoms with E-state index >= 15 is 0 Å². The van der Waals surface area contributed by atoms with E-state index in [1.165, 1.54) is 18.2 Å². The van der Waals surface area contributed by atoms with Crippen LogP contribution in [0.25, 0.3) is 0 Å². The van der Waals surface area contributed by atoms with Gasteiger partial charge in [-0.15, -0.1) is 0 Å². The first-order chi connectivity index (χ1) is 20.4. The van der Waals surface area contributed by atoms with Crippen molar-refractivity contribution in [3.8, 4) is 23.3 Å². The molecule has 0 spiro atoms. The lowest BCUT2D eigenvalue weighted by Gasteiger charge is -2.27. The molecule has 0 amide bonds. The van der Waals surface area contributed by atoms with Crippen LogP contribution in [0.2, 0.25) is 0 Å². The maximum Gasteiger partial charge on any atom is 0.329 e. The first-order valence-electron chi connectivity index (χ1n) is 12.8. The van der Waals surface area contributed by atoms with Gasteiger partial charge in [0.1, 0.15) is 29.3 Å². The number of hydrogen-bond donors (Lipinski definition) is 3. The highest BCUT2D eigenvalue weighted by Crippen LogP contribution is 2.37. The van der Waals surface area contributed by atoms with Gasteiger partial charge in [0.2, 0.25) is 11.8 Å². The molecule has 0 radical (unpaired) electrons. The quantitative estimate of drug-likeness (QED) is 0.158. The third-order valence-corrected chi connectivity index (χ3v) is 6.65. The Kier molecular flexibility index (Phi) is 8.14. The summed E-state index contributed by atoms with van der Waals surface area (Å²) in [4.78, 5) is 19.7. The lowest BCUT2D eigenvalue weighted by Crippen LogP contribution is -2.22. The zero-order valence-corrected chi connectivity index (χ0v) is 22.7. The van der Waals surface area contributed by atoms with Gasteiger partial charge in [-0.05, 0) is 48.5 Å². The molecule has 214 valence electrons. The van der Waals surface area contributed by atoms with Crippen molar-refractivity contribution < 1.29 is 23.5 Å². The molecule has 4 aromatic rings.